The number of benzene rings is 1. The Hall–Kier alpha value is -2.04. The molecule has 0 aliphatic carbocycles. The molecular weight excluding hydrogens is 306 g/mol. The molecule has 0 radical (unpaired) electrons. The molecular formula is C19H27NO4. The van der Waals surface area contributed by atoms with Gasteiger partial charge in [-0.1, -0.05) is 51.1 Å². The van der Waals surface area contributed by atoms with Gasteiger partial charge in [0.15, 0.2) is 0 Å². The smallest absolute Gasteiger partial charge is 0.410 e. The highest BCUT2D eigenvalue weighted by atomic mass is 16.6. The van der Waals surface area contributed by atoms with Crippen LogP contribution in [0.3, 0.4) is 0 Å². The van der Waals surface area contributed by atoms with Gasteiger partial charge in [-0.3, -0.25) is 4.90 Å². The van der Waals surface area contributed by atoms with E-state index in [4.69, 9.17) is 4.74 Å². The molecule has 1 aromatic carbocycles. The normalized spacial score (nSPS) is 20.9. The molecule has 132 valence electrons. The lowest BCUT2D eigenvalue weighted by Gasteiger charge is -2.34. The summed E-state index contributed by atoms with van der Waals surface area (Å²) in [6.45, 7) is 6.96. The van der Waals surface area contributed by atoms with Crippen LogP contribution in [0, 0.1) is 5.41 Å². The lowest BCUT2D eigenvalue weighted by atomic mass is 9.88. The van der Waals surface area contributed by atoms with Crippen LogP contribution < -0.4 is 0 Å². The Balaban J connectivity index is 2.12. The molecule has 5 nitrogen and oxygen atoms in total. The summed E-state index contributed by atoms with van der Waals surface area (Å²) in [6, 6.07) is 9.44. The van der Waals surface area contributed by atoms with E-state index in [0.717, 1.165) is 12.0 Å². The number of amides is 1. The predicted octanol–water partition coefficient (Wildman–Crippen LogP) is 3.72. The van der Waals surface area contributed by atoms with Crippen molar-refractivity contribution in [1.29, 1.82) is 0 Å². The zero-order valence-corrected chi connectivity index (χ0v) is 14.7. The third kappa shape index (κ3) is 4.28. The molecule has 1 atom stereocenters. The summed E-state index contributed by atoms with van der Waals surface area (Å²) in [6.07, 6.45) is 1.65. The molecule has 0 saturated carbocycles. The summed E-state index contributed by atoms with van der Waals surface area (Å²) < 4.78 is 5.37. The van der Waals surface area contributed by atoms with Gasteiger partial charge >= 0.3 is 12.1 Å². The molecule has 1 amide bonds. The second kappa shape index (κ2) is 7.24. The van der Waals surface area contributed by atoms with Crippen molar-refractivity contribution < 1.29 is 19.4 Å². The number of carbonyl (C=O) groups excluding carboxylic acids is 1. The van der Waals surface area contributed by atoms with Gasteiger partial charge in [0.05, 0.1) is 6.61 Å². The van der Waals surface area contributed by atoms with Gasteiger partial charge in [0.25, 0.3) is 0 Å². The van der Waals surface area contributed by atoms with Gasteiger partial charge < -0.3 is 9.84 Å². The average Bonchev–Trinajstić information content (AvgIpc) is 2.92. The minimum Gasteiger partial charge on any atom is -0.479 e. The van der Waals surface area contributed by atoms with Gasteiger partial charge in [-0.25, -0.2) is 9.59 Å². The summed E-state index contributed by atoms with van der Waals surface area (Å²) >= 11 is 0. The van der Waals surface area contributed by atoms with Gasteiger partial charge in [-0.2, -0.15) is 0 Å². The molecule has 0 spiro atoms. The number of likely N-dealkylation sites (tertiary alicyclic amines) is 1. The maximum absolute atomic E-state index is 12.5. The number of hydrogen-bond acceptors (Lipinski definition) is 3. The van der Waals surface area contributed by atoms with Crippen LogP contribution in [0.15, 0.2) is 30.3 Å². The van der Waals surface area contributed by atoms with Gasteiger partial charge in [-0.05, 0) is 30.2 Å². The molecule has 1 aromatic rings. The zero-order valence-electron chi connectivity index (χ0n) is 14.7. The molecule has 0 unspecified atom stereocenters. The number of hydrogen-bond donors (Lipinski definition) is 1. The van der Waals surface area contributed by atoms with E-state index in [1.165, 1.54) is 4.90 Å². The van der Waals surface area contributed by atoms with Gasteiger partial charge in [0, 0.05) is 13.0 Å². The molecule has 24 heavy (non-hydrogen) atoms. The second-order valence-electron chi connectivity index (χ2n) is 7.68. The van der Waals surface area contributed by atoms with E-state index in [1.807, 2.05) is 30.3 Å². The summed E-state index contributed by atoms with van der Waals surface area (Å²) in [4.78, 5) is 25.9. The first-order valence-corrected chi connectivity index (χ1v) is 8.46. The molecule has 0 bridgehead atoms. The lowest BCUT2D eigenvalue weighted by Crippen LogP contribution is -2.54. The Morgan fingerprint density at radius 2 is 1.92 bits per heavy atom. The van der Waals surface area contributed by atoms with Gasteiger partial charge in [0.2, 0.25) is 0 Å². The highest BCUT2D eigenvalue weighted by Gasteiger charge is 2.50. The summed E-state index contributed by atoms with van der Waals surface area (Å²) in [5, 5.41) is 9.85. The van der Waals surface area contributed by atoms with Crippen LogP contribution in [0.5, 0.6) is 0 Å². The Bertz CT molecular complexity index is 579. The number of ether oxygens (including phenoxy) is 1. The molecule has 1 N–H and O–H groups in total. The van der Waals surface area contributed by atoms with Crippen LogP contribution in [0.25, 0.3) is 0 Å². The summed E-state index contributed by atoms with van der Waals surface area (Å²) in [7, 11) is 0. The third-order valence-corrected chi connectivity index (χ3v) is 4.52. The van der Waals surface area contributed by atoms with Crippen LogP contribution >= 0.6 is 0 Å². The fraction of sp³-hybridized carbons (Fsp3) is 0.579. The van der Waals surface area contributed by atoms with E-state index in [9.17, 15) is 14.7 Å². The van der Waals surface area contributed by atoms with Crippen molar-refractivity contribution in [2.24, 2.45) is 5.41 Å². The highest BCUT2D eigenvalue weighted by molar-refractivity contribution is 5.85. The molecule has 1 aliphatic rings. The lowest BCUT2D eigenvalue weighted by molar-refractivity contribution is -0.148. The predicted molar refractivity (Wildman–Crippen MR) is 91.9 cm³/mol. The largest absolute Gasteiger partial charge is 0.479 e. The highest BCUT2D eigenvalue weighted by Crippen LogP contribution is 2.34. The number of aliphatic carboxylic acids is 1. The number of carboxylic acids is 1. The van der Waals surface area contributed by atoms with E-state index in [1.54, 1.807) is 0 Å². The Labute approximate surface area is 143 Å². The van der Waals surface area contributed by atoms with E-state index >= 15 is 0 Å². The van der Waals surface area contributed by atoms with Gasteiger partial charge in [-0.15, -0.1) is 0 Å². The van der Waals surface area contributed by atoms with E-state index in [-0.39, 0.29) is 5.41 Å². The monoisotopic (exact) mass is 333 g/mol. The molecule has 1 saturated heterocycles. The molecule has 1 aliphatic heterocycles. The topological polar surface area (TPSA) is 66.8 Å². The molecule has 1 fully saturated rings. The van der Waals surface area contributed by atoms with Crippen molar-refractivity contribution in [3.8, 4) is 0 Å². The summed E-state index contributed by atoms with van der Waals surface area (Å²) in [5.41, 5.74) is -0.228. The van der Waals surface area contributed by atoms with Crippen LogP contribution in [0.2, 0.25) is 0 Å². The number of nitrogens with zero attached hydrogens (tertiary/aromatic N) is 1. The van der Waals surface area contributed by atoms with Crippen LogP contribution in [0.4, 0.5) is 4.79 Å². The van der Waals surface area contributed by atoms with Crippen molar-refractivity contribution >= 4 is 12.1 Å². The number of rotatable bonds is 5. The van der Waals surface area contributed by atoms with E-state index in [0.29, 0.717) is 32.4 Å². The van der Waals surface area contributed by atoms with Crippen LogP contribution in [-0.4, -0.2) is 40.8 Å². The Morgan fingerprint density at radius 3 is 2.50 bits per heavy atom. The first-order valence-electron chi connectivity index (χ1n) is 8.46. The Kier molecular flexibility index (Phi) is 5.52. The first-order chi connectivity index (χ1) is 11.2. The SMILES string of the molecule is CC(C)(C)CCOC(=O)N1CCC[C@]1(Cc1ccccc1)C(=O)O. The quantitative estimate of drug-likeness (QED) is 0.892. The Morgan fingerprint density at radius 1 is 1.25 bits per heavy atom. The third-order valence-electron chi connectivity index (χ3n) is 4.52. The number of carboxylic acid groups (broad SMARTS) is 1. The average molecular weight is 333 g/mol. The van der Waals surface area contributed by atoms with Crippen molar-refractivity contribution in [2.45, 2.75) is 52.0 Å². The van der Waals surface area contributed by atoms with Gasteiger partial charge in [0.1, 0.15) is 5.54 Å². The molecule has 0 aromatic heterocycles. The standard InChI is InChI=1S/C19H27NO4/c1-18(2,3)11-13-24-17(23)20-12-7-10-19(20,16(21)22)14-15-8-5-4-6-9-15/h4-6,8-9H,7,10-14H2,1-3H3,(H,21,22)/t19-/m0/s1. The summed E-state index contributed by atoms with van der Waals surface area (Å²) in [5.74, 6) is -0.961. The fourth-order valence-corrected chi connectivity index (χ4v) is 3.08. The van der Waals surface area contributed by atoms with Crippen molar-refractivity contribution in [2.75, 3.05) is 13.2 Å². The van der Waals surface area contributed by atoms with Crippen molar-refractivity contribution in [3.05, 3.63) is 35.9 Å². The maximum atomic E-state index is 12.5. The molecule has 5 heteroatoms. The zero-order chi connectivity index (χ0) is 17.8. The maximum Gasteiger partial charge on any atom is 0.410 e. The molecule has 1 heterocycles. The van der Waals surface area contributed by atoms with Crippen molar-refractivity contribution in [1.82, 2.24) is 4.90 Å². The van der Waals surface area contributed by atoms with E-state index < -0.39 is 17.6 Å². The van der Waals surface area contributed by atoms with Crippen LogP contribution in [0.1, 0.15) is 45.6 Å². The first kappa shape index (κ1) is 18.3. The minimum atomic E-state index is -1.21. The second-order valence-corrected chi connectivity index (χ2v) is 7.68. The van der Waals surface area contributed by atoms with E-state index in [2.05, 4.69) is 20.8 Å². The van der Waals surface area contributed by atoms with Crippen LogP contribution in [-0.2, 0) is 16.0 Å². The minimum absolute atomic E-state index is 0.0687. The number of carbonyl (C=O) groups is 2. The fourth-order valence-electron chi connectivity index (χ4n) is 3.08. The van der Waals surface area contributed by atoms with Crippen molar-refractivity contribution in [3.63, 3.8) is 0 Å². The molecule has 2 rings (SSSR count).